The third-order valence-electron chi connectivity index (χ3n) is 4.68. The number of hydrogen-bond donors (Lipinski definition) is 3. The van der Waals surface area contributed by atoms with Crippen LogP contribution >= 0.6 is 12.2 Å². The topological polar surface area (TPSA) is 83.7 Å². The summed E-state index contributed by atoms with van der Waals surface area (Å²) < 4.78 is 11.2. The van der Waals surface area contributed by atoms with Gasteiger partial charge in [-0.05, 0) is 85.7 Å². The molecule has 0 saturated heterocycles. The summed E-state index contributed by atoms with van der Waals surface area (Å²) in [5, 5.41) is 15.1. The van der Waals surface area contributed by atoms with E-state index in [2.05, 4.69) is 17.6 Å². The summed E-state index contributed by atoms with van der Waals surface area (Å²) in [7, 11) is 0. The molecule has 0 unspecified atom stereocenters. The molecule has 0 aliphatic rings. The molecule has 0 spiro atoms. The number of nitrogens with one attached hydrogen (secondary N) is 2. The highest BCUT2D eigenvalue weighted by molar-refractivity contribution is 7.80. The summed E-state index contributed by atoms with van der Waals surface area (Å²) in [5.41, 5.74) is 3.13. The van der Waals surface area contributed by atoms with Crippen LogP contribution < -0.4 is 15.4 Å². The van der Waals surface area contributed by atoms with Crippen LogP contribution in [0, 0.1) is 6.92 Å². The van der Waals surface area contributed by atoms with E-state index in [4.69, 9.17) is 26.5 Å². The minimum atomic E-state index is -0.293. The summed E-state index contributed by atoms with van der Waals surface area (Å²) in [6, 6.07) is 16.2. The van der Waals surface area contributed by atoms with E-state index in [1.54, 1.807) is 30.3 Å². The molecule has 162 valence electrons. The van der Waals surface area contributed by atoms with Crippen LogP contribution in [0.25, 0.3) is 11.3 Å². The molecule has 2 aromatic carbocycles. The van der Waals surface area contributed by atoms with E-state index in [1.165, 1.54) is 0 Å². The normalized spacial score (nSPS) is 10.5. The van der Waals surface area contributed by atoms with Gasteiger partial charge in [0.25, 0.3) is 5.91 Å². The summed E-state index contributed by atoms with van der Waals surface area (Å²) in [6.45, 7) is 4.58. The molecule has 1 aromatic heterocycles. The van der Waals surface area contributed by atoms with E-state index in [0.717, 1.165) is 35.4 Å². The lowest BCUT2D eigenvalue weighted by Crippen LogP contribution is -2.34. The number of carbonyl (C=O) groups is 1. The van der Waals surface area contributed by atoms with Crippen LogP contribution in [-0.4, -0.2) is 22.7 Å². The Morgan fingerprint density at radius 2 is 1.90 bits per heavy atom. The van der Waals surface area contributed by atoms with Gasteiger partial charge in [0.05, 0.1) is 6.61 Å². The molecule has 1 amide bonds. The van der Waals surface area contributed by atoms with Gasteiger partial charge in [-0.1, -0.05) is 13.3 Å². The Labute approximate surface area is 187 Å². The van der Waals surface area contributed by atoms with Crippen LogP contribution in [0.1, 0.15) is 41.4 Å². The molecule has 0 aliphatic carbocycles. The van der Waals surface area contributed by atoms with Crippen molar-refractivity contribution < 1.29 is 19.1 Å². The van der Waals surface area contributed by atoms with Crippen LogP contribution in [-0.2, 0) is 6.61 Å². The first kappa shape index (κ1) is 22.5. The molecule has 0 fully saturated rings. The van der Waals surface area contributed by atoms with Crippen LogP contribution in [0.5, 0.6) is 5.75 Å². The third kappa shape index (κ3) is 6.16. The quantitative estimate of drug-likeness (QED) is 0.337. The van der Waals surface area contributed by atoms with Gasteiger partial charge in [-0.25, -0.2) is 0 Å². The Bertz CT molecular complexity index is 1040. The predicted octanol–water partition coefficient (Wildman–Crippen LogP) is 5.05. The molecule has 3 N–H and O–H groups in total. The van der Waals surface area contributed by atoms with Crippen molar-refractivity contribution in [1.82, 2.24) is 5.32 Å². The lowest BCUT2D eigenvalue weighted by atomic mass is 10.1. The average Bonchev–Trinajstić information content (AvgIpc) is 3.23. The second kappa shape index (κ2) is 10.7. The number of aliphatic hydroxyl groups excluding tert-OH is 1. The number of anilines is 1. The molecule has 3 aromatic rings. The second-order valence-electron chi connectivity index (χ2n) is 7.09. The molecule has 0 atom stereocenters. The number of carbonyl (C=O) groups excluding carboxylic acids is 1. The number of amides is 1. The van der Waals surface area contributed by atoms with E-state index in [-0.39, 0.29) is 17.6 Å². The first-order valence-electron chi connectivity index (χ1n) is 10.2. The minimum absolute atomic E-state index is 0.138. The number of rotatable bonds is 8. The fourth-order valence-electron chi connectivity index (χ4n) is 3.00. The van der Waals surface area contributed by atoms with Gasteiger partial charge in [-0.3, -0.25) is 10.1 Å². The van der Waals surface area contributed by atoms with Gasteiger partial charge in [0.1, 0.15) is 23.9 Å². The average molecular weight is 439 g/mol. The molecule has 1 heterocycles. The maximum atomic E-state index is 12.4. The molecule has 0 saturated carbocycles. The fourth-order valence-corrected chi connectivity index (χ4v) is 3.21. The van der Waals surface area contributed by atoms with Crippen molar-refractivity contribution in [3.63, 3.8) is 0 Å². The molecular formula is C24H26N2O4S. The predicted molar refractivity (Wildman–Crippen MR) is 125 cm³/mol. The van der Waals surface area contributed by atoms with Crippen molar-refractivity contribution in [3.8, 4) is 17.1 Å². The fraction of sp³-hybridized carbons (Fsp3) is 0.250. The number of hydrogen-bond acceptors (Lipinski definition) is 5. The van der Waals surface area contributed by atoms with Crippen molar-refractivity contribution in [2.75, 3.05) is 11.9 Å². The Hall–Kier alpha value is -3.16. The zero-order valence-electron chi connectivity index (χ0n) is 17.6. The Morgan fingerprint density at radius 1 is 1.13 bits per heavy atom. The first-order chi connectivity index (χ1) is 15.0. The van der Waals surface area contributed by atoms with E-state index >= 15 is 0 Å². The van der Waals surface area contributed by atoms with Crippen molar-refractivity contribution in [2.45, 2.75) is 33.3 Å². The number of thiocarbonyl (C=S) groups is 1. The molecule has 0 bridgehead atoms. The lowest BCUT2D eigenvalue weighted by molar-refractivity contribution is 0.0977. The molecular weight excluding hydrogens is 412 g/mol. The van der Waals surface area contributed by atoms with Gasteiger partial charge in [-0.15, -0.1) is 0 Å². The highest BCUT2D eigenvalue weighted by Crippen LogP contribution is 2.27. The minimum Gasteiger partial charge on any atom is -0.494 e. The summed E-state index contributed by atoms with van der Waals surface area (Å²) >= 11 is 5.28. The highest BCUT2D eigenvalue weighted by Gasteiger charge is 2.11. The lowest BCUT2D eigenvalue weighted by Gasteiger charge is -2.12. The van der Waals surface area contributed by atoms with E-state index < -0.39 is 0 Å². The number of ether oxygens (including phenoxy) is 1. The van der Waals surface area contributed by atoms with Crippen molar-refractivity contribution in [2.24, 2.45) is 0 Å². The first-order valence-corrected chi connectivity index (χ1v) is 10.6. The molecule has 31 heavy (non-hydrogen) atoms. The standard InChI is InChI=1S/C24H26N2O4S/c1-3-4-13-29-19-8-5-17(6-9-19)23(28)26-24(31)25-18-7-11-21(16(2)14-18)22-12-10-20(15-27)30-22/h5-12,14,27H,3-4,13,15H2,1-2H3,(H2,25,26,28,31). The van der Waals surface area contributed by atoms with E-state index in [9.17, 15) is 4.79 Å². The van der Waals surface area contributed by atoms with Crippen LogP contribution in [0.2, 0.25) is 0 Å². The van der Waals surface area contributed by atoms with Crippen LogP contribution in [0.3, 0.4) is 0 Å². The number of aryl methyl sites for hydroxylation is 1. The van der Waals surface area contributed by atoms with Gasteiger partial charge in [0, 0.05) is 16.8 Å². The second-order valence-corrected chi connectivity index (χ2v) is 7.50. The van der Waals surface area contributed by atoms with Crippen molar-refractivity contribution >= 4 is 28.9 Å². The molecule has 0 aliphatic heterocycles. The zero-order chi connectivity index (χ0) is 22.2. The van der Waals surface area contributed by atoms with Crippen LogP contribution in [0.4, 0.5) is 5.69 Å². The molecule has 0 radical (unpaired) electrons. The Morgan fingerprint density at radius 3 is 2.55 bits per heavy atom. The monoisotopic (exact) mass is 438 g/mol. The van der Waals surface area contributed by atoms with Gasteiger partial charge in [-0.2, -0.15) is 0 Å². The summed E-state index contributed by atoms with van der Waals surface area (Å²) in [4.78, 5) is 12.4. The number of unbranched alkanes of at least 4 members (excludes halogenated alkanes) is 1. The molecule has 6 nitrogen and oxygen atoms in total. The van der Waals surface area contributed by atoms with Crippen LogP contribution in [0.15, 0.2) is 59.0 Å². The van der Waals surface area contributed by atoms with Gasteiger partial charge in [0.2, 0.25) is 0 Å². The highest BCUT2D eigenvalue weighted by atomic mass is 32.1. The smallest absolute Gasteiger partial charge is 0.257 e. The number of furan rings is 1. The number of aliphatic hydroxyl groups is 1. The van der Waals surface area contributed by atoms with Crippen molar-refractivity contribution in [3.05, 3.63) is 71.5 Å². The maximum absolute atomic E-state index is 12.4. The largest absolute Gasteiger partial charge is 0.494 e. The Balaban J connectivity index is 1.57. The number of benzene rings is 2. The van der Waals surface area contributed by atoms with E-state index in [0.29, 0.717) is 23.7 Å². The molecule has 3 rings (SSSR count). The van der Waals surface area contributed by atoms with Gasteiger partial charge < -0.3 is 19.6 Å². The van der Waals surface area contributed by atoms with E-state index in [1.807, 2.05) is 31.2 Å². The SMILES string of the molecule is CCCCOc1ccc(C(=O)NC(=S)Nc2ccc(-c3ccc(CO)o3)c(C)c2)cc1. The Kier molecular flexibility index (Phi) is 7.81. The summed E-state index contributed by atoms with van der Waals surface area (Å²) in [5.74, 6) is 1.65. The summed E-state index contributed by atoms with van der Waals surface area (Å²) in [6.07, 6.45) is 2.06. The molecule has 7 heteroatoms. The zero-order valence-corrected chi connectivity index (χ0v) is 18.4. The van der Waals surface area contributed by atoms with Crippen molar-refractivity contribution in [1.29, 1.82) is 0 Å². The maximum Gasteiger partial charge on any atom is 0.257 e. The van der Waals surface area contributed by atoms with Gasteiger partial charge >= 0.3 is 0 Å². The third-order valence-corrected chi connectivity index (χ3v) is 4.88. The van der Waals surface area contributed by atoms with Gasteiger partial charge in [0.15, 0.2) is 5.11 Å².